The normalized spacial score (nSPS) is 20.9. The Bertz CT molecular complexity index is 424. The lowest BCUT2D eigenvalue weighted by molar-refractivity contribution is -0.00282. The largest absolute Gasteiger partial charge is 0.508 e. The molecule has 1 aromatic carbocycles. The maximum absolute atomic E-state index is 11.3. The molecule has 1 aliphatic rings. The van der Waals surface area contributed by atoms with Gasteiger partial charge in [-0.15, -0.1) is 0 Å². The highest BCUT2D eigenvalue weighted by atomic mass is 16.6. The first-order valence-electron chi connectivity index (χ1n) is 4.45. The molecule has 0 unspecified atom stereocenters. The third-order valence-electron chi connectivity index (χ3n) is 2.32. The van der Waals surface area contributed by atoms with Gasteiger partial charge >= 0.3 is 5.97 Å². The molecule has 3 N–H and O–H groups in total. The van der Waals surface area contributed by atoms with Crippen molar-refractivity contribution in [1.82, 2.24) is 0 Å². The molecule has 5 nitrogen and oxygen atoms in total. The van der Waals surface area contributed by atoms with Crippen molar-refractivity contribution in [1.29, 1.82) is 0 Å². The number of phenolic OH excluding ortho intramolecular Hbond substituents is 2. The van der Waals surface area contributed by atoms with E-state index in [1.165, 1.54) is 13.0 Å². The van der Waals surface area contributed by atoms with E-state index in [2.05, 4.69) is 0 Å². The molecule has 80 valence electrons. The molecule has 0 aliphatic carbocycles. The molecule has 1 aromatic rings. The van der Waals surface area contributed by atoms with Crippen LogP contribution in [0.5, 0.6) is 11.5 Å². The summed E-state index contributed by atoms with van der Waals surface area (Å²) in [4.78, 5) is 11.3. The Labute approximate surface area is 85.5 Å². The highest BCUT2D eigenvalue weighted by Gasteiger charge is 2.36. The molecule has 15 heavy (non-hydrogen) atoms. The zero-order valence-electron chi connectivity index (χ0n) is 7.97. The minimum atomic E-state index is -0.892. The fraction of sp³-hybridized carbons (Fsp3) is 0.300. The Balaban J connectivity index is 2.60. The van der Waals surface area contributed by atoms with Crippen LogP contribution in [0.4, 0.5) is 0 Å². The van der Waals surface area contributed by atoms with Gasteiger partial charge in [-0.25, -0.2) is 4.79 Å². The fourth-order valence-corrected chi connectivity index (χ4v) is 1.68. The van der Waals surface area contributed by atoms with Crippen LogP contribution in [0.1, 0.15) is 28.9 Å². The van der Waals surface area contributed by atoms with Gasteiger partial charge in [-0.3, -0.25) is 0 Å². The standard InChI is InChI=1S/C10H10O5/c1-4(11)9-6-2-5(12)3-7(13)8(6)10(14)15-9/h2-4,9,11-13H,1H3/t4-,9+/m1/s1. The minimum absolute atomic E-state index is 0.0127. The molecular weight excluding hydrogens is 200 g/mol. The molecule has 0 saturated heterocycles. The number of ether oxygens (including phenoxy) is 1. The molecule has 0 saturated carbocycles. The number of carbonyl (C=O) groups is 1. The number of carbonyl (C=O) groups excluding carboxylic acids is 1. The Hall–Kier alpha value is -1.75. The Morgan fingerprint density at radius 3 is 2.67 bits per heavy atom. The number of aromatic hydroxyl groups is 2. The highest BCUT2D eigenvalue weighted by molar-refractivity contribution is 5.97. The summed E-state index contributed by atoms with van der Waals surface area (Å²) in [7, 11) is 0. The highest BCUT2D eigenvalue weighted by Crippen LogP contribution is 2.40. The second kappa shape index (κ2) is 3.13. The van der Waals surface area contributed by atoms with Gasteiger partial charge in [0.05, 0.1) is 6.10 Å². The van der Waals surface area contributed by atoms with E-state index < -0.39 is 18.2 Å². The number of esters is 1. The van der Waals surface area contributed by atoms with E-state index in [1.54, 1.807) is 0 Å². The van der Waals surface area contributed by atoms with Gasteiger partial charge in [-0.05, 0) is 13.0 Å². The molecule has 1 heterocycles. The van der Waals surface area contributed by atoms with Gasteiger partial charge < -0.3 is 20.1 Å². The maximum Gasteiger partial charge on any atom is 0.343 e. The zero-order valence-corrected chi connectivity index (χ0v) is 7.97. The van der Waals surface area contributed by atoms with Gasteiger partial charge in [0.2, 0.25) is 0 Å². The van der Waals surface area contributed by atoms with Crippen molar-refractivity contribution in [2.75, 3.05) is 0 Å². The molecule has 5 heteroatoms. The molecular formula is C10H10O5. The van der Waals surface area contributed by atoms with Crippen molar-refractivity contribution in [3.8, 4) is 11.5 Å². The second-order valence-electron chi connectivity index (χ2n) is 3.50. The molecule has 0 fully saturated rings. The minimum Gasteiger partial charge on any atom is -0.508 e. The number of phenols is 2. The van der Waals surface area contributed by atoms with Crippen molar-refractivity contribution in [2.24, 2.45) is 0 Å². The number of hydrogen-bond acceptors (Lipinski definition) is 5. The number of fused-ring (bicyclic) bond motifs is 1. The van der Waals surface area contributed by atoms with Gasteiger partial charge in [0.15, 0.2) is 6.10 Å². The van der Waals surface area contributed by atoms with Crippen molar-refractivity contribution in [3.05, 3.63) is 23.3 Å². The summed E-state index contributed by atoms with van der Waals surface area (Å²) in [6.45, 7) is 1.47. The molecule has 1 aliphatic heterocycles. The van der Waals surface area contributed by atoms with Crippen LogP contribution in [0.15, 0.2) is 12.1 Å². The second-order valence-corrected chi connectivity index (χ2v) is 3.50. The number of hydrogen-bond donors (Lipinski definition) is 3. The van der Waals surface area contributed by atoms with Crippen molar-refractivity contribution >= 4 is 5.97 Å². The Morgan fingerprint density at radius 2 is 2.07 bits per heavy atom. The summed E-state index contributed by atoms with van der Waals surface area (Å²) in [5.74, 6) is -1.19. The molecule has 0 aromatic heterocycles. The van der Waals surface area contributed by atoms with Crippen LogP contribution in [0.3, 0.4) is 0 Å². The van der Waals surface area contributed by atoms with Crippen molar-refractivity contribution < 1.29 is 24.9 Å². The SMILES string of the molecule is C[C@@H](O)[C@@H]1OC(=O)c2c(O)cc(O)cc21. The molecule has 0 radical (unpaired) electrons. The maximum atomic E-state index is 11.3. The van der Waals surface area contributed by atoms with E-state index in [0.717, 1.165) is 6.07 Å². The van der Waals surface area contributed by atoms with Gasteiger partial charge in [0.25, 0.3) is 0 Å². The van der Waals surface area contributed by atoms with Crippen LogP contribution >= 0.6 is 0 Å². The summed E-state index contributed by atoms with van der Waals surface area (Å²) in [6.07, 6.45) is -1.72. The fourth-order valence-electron chi connectivity index (χ4n) is 1.68. The molecule has 0 amide bonds. The van der Waals surface area contributed by atoms with E-state index in [-0.39, 0.29) is 17.1 Å². The molecule has 2 atom stereocenters. The van der Waals surface area contributed by atoms with Gasteiger partial charge in [-0.1, -0.05) is 0 Å². The first kappa shape index (κ1) is 9.79. The first-order chi connectivity index (χ1) is 7.00. The summed E-state index contributed by atoms with van der Waals surface area (Å²) < 4.78 is 4.87. The number of aliphatic hydroxyl groups is 1. The monoisotopic (exact) mass is 210 g/mol. The smallest absolute Gasteiger partial charge is 0.343 e. The van der Waals surface area contributed by atoms with E-state index in [0.29, 0.717) is 5.56 Å². The number of aliphatic hydroxyl groups excluding tert-OH is 1. The summed E-state index contributed by atoms with van der Waals surface area (Å²) in [5.41, 5.74) is 0.325. The van der Waals surface area contributed by atoms with Crippen molar-refractivity contribution in [2.45, 2.75) is 19.1 Å². The van der Waals surface area contributed by atoms with Gasteiger partial charge in [0, 0.05) is 11.6 Å². The third kappa shape index (κ3) is 1.41. The number of rotatable bonds is 1. The lowest BCUT2D eigenvalue weighted by Crippen LogP contribution is -2.14. The number of cyclic esters (lactones) is 1. The lowest BCUT2D eigenvalue weighted by atomic mass is 10.0. The van der Waals surface area contributed by atoms with Crippen LogP contribution in [-0.4, -0.2) is 27.4 Å². The molecule has 2 rings (SSSR count). The van der Waals surface area contributed by atoms with Crippen LogP contribution in [0.2, 0.25) is 0 Å². The van der Waals surface area contributed by atoms with E-state index in [1.807, 2.05) is 0 Å². The predicted octanol–water partition coefficient (Wildman–Crippen LogP) is 0.690. The van der Waals surface area contributed by atoms with Gasteiger partial charge in [0.1, 0.15) is 17.1 Å². The molecule has 0 spiro atoms. The Morgan fingerprint density at radius 1 is 1.40 bits per heavy atom. The topological polar surface area (TPSA) is 87.0 Å². The van der Waals surface area contributed by atoms with E-state index in [9.17, 15) is 20.1 Å². The average molecular weight is 210 g/mol. The van der Waals surface area contributed by atoms with Crippen LogP contribution in [0.25, 0.3) is 0 Å². The Kier molecular flexibility index (Phi) is 2.04. The molecule has 0 bridgehead atoms. The third-order valence-corrected chi connectivity index (χ3v) is 2.32. The summed E-state index contributed by atoms with van der Waals surface area (Å²) in [6, 6.07) is 2.36. The van der Waals surface area contributed by atoms with Crippen LogP contribution in [0, 0.1) is 0 Å². The van der Waals surface area contributed by atoms with E-state index in [4.69, 9.17) is 4.74 Å². The lowest BCUT2D eigenvalue weighted by Gasteiger charge is -2.13. The van der Waals surface area contributed by atoms with E-state index >= 15 is 0 Å². The van der Waals surface area contributed by atoms with Crippen LogP contribution in [-0.2, 0) is 4.74 Å². The van der Waals surface area contributed by atoms with Crippen molar-refractivity contribution in [3.63, 3.8) is 0 Å². The predicted molar refractivity (Wildman–Crippen MR) is 49.6 cm³/mol. The summed E-state index contributed by atoms with van der Waals surface area (Å²) in [5, 5.41) is 28.1. The van der Waals surface area contributed by atoms with Crippen LogP contribution < -0.4 is 0 Å². The first-order valence-corrected chi connectivity index (χ1v) is 4.45. The quantitative estimate of drug-likeness (QED) is 0.593. The zero-order chi connectivity index (χ0) is 11.2. The summed E-state index contributed by atoms with van der Waals surface area (Å²) >= 11 is 0. The average Bonchev–Trinajstić information content (AvgIpc) is 2.42. The van der Waals surface area contributed by atoms with Gasteiger partial charge in [-0.2, -0.15) is 0 Å². The number of benzene rings is 1.